The molecular weight excluding hydrogens is 392 g/mol. The van der Waals surface area contributed by atoms with Crippen LogP contribution in [0.1, 0.15) is 43.2 Å². The summed E-state index contributed by atoms with van der Waals surface area (Å²) in [5.41, 5.74) is 1.67. The van der Waals surface area contributed by atoms with E-state index < -0.39 is 0 Å². The number of fused-ring (bicyclic) bond motifs is 1. The molecular formula is C20H22N4O2S2. The molecule has 1 saturated heterocycles. The zero-order valence-corrected chi connectivity index (χ0v) is 17.5. The fourth-order valence-electron chi connectivity index (χ4n) is 3.90. The van der Waals surface area contributed by atoms with Crippen LogP contribution in [0.2, 0.25) is 0 Å². The third-order valence-corrected chi connectivity index (χ3v) is 6.69. The molecule has 28 heavy (non-hydrogen) atoms. The number of nitrogens with zero attached hydrogens (tertiary/aromatic N) is 3. The highest BCUT2D eigenvalue weighted by atomic mass is 32.2. The molecule has 0 atom stereocenters. The SMILES string of the molecule is CNc1nc2c(C)cccn2c(=O)c1/C=C1/SC(=S)N(C2CCCCC2)C1=O. The highest BCUT2D eigenvalue weighted by Gasteiger charge is 2.37. The van der Waals surface area contributed by atoms with Gasteiger partial charge in [0.1, 0.15) is 15.8 Å². The standard InChI is InChI=1S/C20H22N4O2S2/c1-12-7-6-10-23-17(12)22-16(21-2)14(18(23)25)11-15-19(26)24(20(27)28-15)13-8-4-3-5-9-13/h6-7,10-11,13,21H,3-5,8-9H2,1-2H3/b15-11+. The van der Waals surface area contributed by atoms with Crippen LogP contribution < -0.4 is 10.9 Å². The summed E-state index contributed by atoms with van der Waals surface area (Å²) in [4.78, 5) is 33.0. The summed E-state index contributed by atoms with van der Waals surface area (Å²) < 4.78 is 2.10. The minimum atomic E-state index is -0.207. The van der Waals surface area contributed by atoms with Crippen molar-refractivity contribution < 1.29 is 4.79 Å². The highest BCUT2D eigenvalue weighted by Crippen LogP contribution is 2.37. The fraction of sp³-hybridized carbons (Fsp3) is 0.400. The Morgan fingerprint density at radius 1 is 1.29 bits per heavy atom. The first-order valence-electron chi connectivity index (χ1n) is 9.48. The van der Waals surface area contributed by atoms with Crippen LogP contribution in [0.4, 0.5) is 5.82 Å². The molecule has 2 aliphatic rings. The van der Waals surface area contributed by atoms with Gasteiger partial charge in [0, 0.05) is 19.3 Å². The van der Waals surface area contributed by atoms with Gasteiger partial charge in [-0.15, -0.1) is 0 Å². The van der Waals surface area contributed by atoms with Crippen LogP contribution in [0.25, 0.3) is 11.7 Å². The summed E-state index contributed by atoms with van der Waals surface area (Å²) >= 11 is 6.76. The van der Waals surface area contributed by atoms with Crippen LogP contribution in [0.15, 0.2) is 28.0 Å². The molecule has 1 saturated carbocycles. The highest BCUT2D eigenvalue weighted by molar-refractivity contribution is 8.26. The monoisotopic (exact) mass is 414 g/mol. The van der Waals surface area contributed by atoms with Gasteiger partial charge in [-0.25, -0.2) is 4.98 Å². The van der Waals surface area contributed by atoms with Crippen LogP contribution in [-0.2, 0) is 4.79 Å². The van der Waals surface area contributed by atoms with E-state index >= 15 is 0 Å². The van der Waals surface area contributed by atoms with Crippen molar-refractivity contribution in [2.45, 2.75) is 45.1 Å². The first-order chi connectivity index (χ1) is 13.5. The molecule has 1 aliphatic heterocycles. The maximum atomic E-state index is 13.1. The van der Waals surface area contributed by atoms with Gasteiger partial charge in [0.15, 0.2) is 0 Å². The number of nitrogens with one attached hydrogen (secondary N) is 1. The molecule has 8 heteroatoms. The molecule has 0 bridgehead atoms. The minimum Gasteiger partial charge on any atom is -0.372 e. The third kappa shape index (κ3) is 3.24. The molecule has 0 spiro atoms. The number of amides is 1. The molecule has 0 aromatic carbocycles. The van der Waals surface area contributed by atoms with Gasteiger partial charge in [0.25, 0.3) is 11.5 Å². The van der Waals surface area contributed by atoms with Crippen molar-refractivity contribution in [2.75, 3.05) is 12.4 Å². The second kappa shape index (κ2) is 7.67. The predicted molar refractivity (Wildman–Crippen MR) is 118 cm³/mol. The first kappa shape index (κ1) is 19.1. The zero-order valence-electron chi connectivity index (χ0n) is 15.9. The second-order valence-electron chi connectivity index (χ2n) is 7.16. The maximum absolute atomic E-state index is 13.1. The van der Waals surface area contributed by atoms with E-state index in [-0.39, 0.29) is 17.5 Å². The van der Waals surface area contributed by atoms with Crippen LogP contribution in [0.3, 0.4) is 0 Å². The number of carbonyl (C=O) groups is 1. The Bertz CT molecular complexity index is 1050. The van der Waals surface area contributed by atoms with Gasteiger partial charge in [0.05, 0.1) is 10.5 Å². The summed E-state index contributed by atoms with van der Waals surface area (Å²) in [5, 5.41) is 2.99. The van der Waals surface area contributed by atoms with E-state index in [0.29, 0.717) is 26.3 Å². The van der Waals surface area contributed by atoms with E-state index in [2.05, 4.69) is 10.3 Å². The number of anilines is 1. The molecule has 146 valence electrons. The Balaban J connectivity index is 1.77. The minimum absolute atomic E-state index is 0.0994. The second-order valence-corrected chi connectivity index (χ2v) is 8.83. The number of hydrogen-bond donors (Lipinski definition) is 1. The van der Waals surface area contributed by atoms with Crippen LogP contribution in [0.5, 0.6) is 0 Å². The van der Waals surface area contributed by atoms with E-state index in [1.165, 1.54) is 22.6 Å². The van der Waals surface area contributed by atoms with Gasteiger partial charge in [-0.05, 0) is 37.5 Å². The van der Waals surface area contributed by atoms with Gasteiger partial charge in [-0.2, -0.15) is 0 Å². The fourth-order valence-corrected chi connectivity index (χ4v) is 5.28. The van der Waals surface area contributed by atoms with Crippen LogP contribution in [0, 0.1) is 6.92 Å². The first-order valence-corrected chi connectivity index (χ1v) is 10.7. The number of pyridine rings is 1. The Kier molecular flexibility index (Phi) is 5.25. The topological polar surface area (TPSA) is 66.7 Å². The molecule has 2 fully saturated rings. The number of thioether (sulfide) groups is 1. The molecule has 0 unspecified atom stereocenters. The van der Waals surface area contributed by atoms with E-state index in [0.717, 1.165) is 31.2 Å². The van der Waals surface area contributed by atoms with Crippen LogP contribution >= 0.6 is 24.0 Å². The van der Waals surface area contributed by atoms with Crippen molar-refractivity contribution in [3.05, 3.63) is 44.7 Å². The average Bonchev–Trinajstić information content (AvgIpc) is 2.98. The Morgan fingerprint density at radius 2 is 2.04 bits per heavy atom. The lowest BCUT2D eigenvalue weighted by Crippen LogP contribution is -2.39. The number of rotatable bonds is 3. The molecule has 1 aliphatic carbocycles. The van der Waals surface area contributed by atoms with Crippen molar-refractivity contribution in [3.8, 4) is 0 Å². The Labute approximate surface area is 173 Å². The number of thiocarbonyl (C=S) groups is 1. The molecule has 3 heterocycles. The summed E-state index contributed by atoms with van der Waals surface area (Å²) in [5.74, 6) is 0.361. The number of hydrogen-bond acceptors (Lipinski definition) is 6. The molecule has 4 rings (SSSR count). The van der Waals surface area contributed by atoms with Crippen molar-refractivity contribution in [2.24, 2.45) is 0 Å². The molecule has 1 amide bonds. The van der Waals surface area contributed by atoms with E-state index in [9.17, 15) is 9.59 Å². The summed E-state index contributed by atoms with van der Waals surface area (Å²) in [6.07, 6.45) is 8.77. The lowest BCUT2D eigenvalue weighted by molar-refractivity contribution is -0.124. The lowest BCUT2D eigenvalue weighted by atomic mass is 9.94. The third-order valence-electron chi connectivity index (χ3n) is 5.36. The maximum Gasteiger partial charge on any atom is 0.267 e. The zero-order chi connectivity index (χ0) is 19.8. The largest absolute Gasteiger partial charge is 0.372 e. The average molecular weight is 415 g/mol. The smallest absolute Gasteiger partial charge is 0.267 e. The normalized spacial score (nSPS) is 19.8. The van der Waals surface area contributed by atoms with Crippen LogP contribution in [-0.4, -0.2) is 37.6 Å². The van der Waals surface area contributed by atoms with Gasteiger partial charge in [-0.1, -0.05) is 49.3 Å². The van der Waals surface area contributed by atoms with Gasteiger partial charge >= 0.3 is 0 Å². The van der Waals surface area contributed by atoms with E-state index in [1.807, 2.05) is 19.1 Å². The van der Waals surface area contributed by atoms with E-state index in [4.69, 9.17) is 12.2 Å². The van der Waals surface area contributed by atoms with Crippen molar-refractivity contribution in [1.82, 2.24) is 14.3 Å². The number of aromatic nitrogens is 2. The van der Waals surface area contributed by atoms with Gasteiger partial charge in [-0.3, -0.25) is 18.9 Å². The number of carbonyl (C=O) groups excluding carboxylic acids is 1. The Morgan fingerprint density at radius 3 is 2.75 bits per heavy atom. The molecule has 2 aromatic heterocycles. The van der Waals surface area contributed by atoms with Gasteiger partial charge < -0.3 is 5.32 Å². The predicted octanol–water partition coefficient (Wildman–Crippen LogP) is 3.58. The lowest BCUT2D eigenvalue weighted by Gasteiger charge is -2.29. The summed E-state index contributed by atoms with van der Waals surface area (Å²) in [7, 11) is 1.72. The molecule has 0 radical (unpaired) electrons. The number of aryl methyl sites for hydroxylation is 1. The molecule has 6 nitrogen and oxygen atoms in total. The molecule has 2 aromatic rings. The quantitative estimate of drug-likeness (QED) is 0.612. The van der Waals surface area contributed by atoms with Crippen molar-refractivity contribution in [1.29, 1.82) is 0 Å². The van der Waals surface area contributed by atoms with E-state index in [1.54, 1.807) is 24.2 Å². The van der Waals surface area contributed by atoms with Crippen molar-refractivity contribution >= 4 is 51.7 Å². The summed E-state index contributed by atoms with van der Waals surface area (Å²) in [6.45, 7) is 1.91. The Hall–Kier alpha value is -2.19. The van der Waals surface area contributed by atoms with Gasteiger partial charge in [0.2, 0.25) is 0 Å². The summed E-state index contributed by atoms with van der Waals surface area (Å²) in [6, 6.07) is 3.90. The molecule has 1 N–H and O–H groups in total. The van der Waals surface area contributed by atoms with Crippen molar-refractivity contribution in [3.63, 3.8) is 0 Å².